The van der Waals surface area contributed by atoms with Gasteiger partial charge in [-0.2, -0.15) is 10.7 Å². The fourth-order valence-corrected chi connectivity index (χ4v) is 0.786. The summed E-state index contributed by atoms with van der Waals surface area (Å²) < 4.78 is 5.01. The minimum absolute atomic E-state index is 0.178. The summed E-state index contributed by atoms with van der Waals surface area (Å²) in [6.07, 6.45) is 0. The number of hydrogen-bond donors (Lipinski definition) is 1. The van der Waals surface area contributed by atoms with Gasteiger partial charge < -0.3 is 4.74 Å². The maximum atomic E-state index is 5.01. The van der Waals surface area contributed by atoms with Gasteiger partial charge in [-0.05, 0) is 0 Å². The van der Waals surface area contributed by atoms with E-state index >= 15 is 0 Å². The standard InChI is InChI=1S/C6H12N2O2/c1-6(3-9-4-6)5-10-8-7-2/h8H,2-5H2,1H3. The molecule has 1 saturated heterocycles. The highest BCUT2D eigenvalue weighted by Crippen LogP contribution is 2.25. The van der Waals surface area contributed by atoms with Crippen molar-refractivity contribution in [2.45, 2.75) is 6.92 Å². The predicted molar refractivity (Wildman–Crippen MR) is 37.6 cm³/mol. The van der Waals surface area contributed by atoms with E-state index in [-0.39, 0.29) is 5.41 Å². The van der Waals surface area contributed by atoms with Crippen molar-refractivity contribution in [3.05, 3.63) is 0 Å². The average molecular weight is 144 g/mol. The summed E-state index contributed by atoms with van der Waals surface area (Å²) in [5.41, 5.74) is 2.51. The lowest BCUT2D eigenvalue weighted by Crippen LogP contribution is -2.44. The number of ether oxygens (including phenoxy) is 1. The highest BCUT2D eigenvalue weighted by atomic mass is 16.7. The summed E-state index contributed by atoms with van der Waals surface area (Å²) in [7, 11) is 0. The Balaban J connectivity index is 2.06. The third kappa shape index (κ3) is 1.68. The zero-order chi connectivity index (χ0) is 7.45. The third-order valence-corrected chi connectivity index (χ3v) is 1.45. The van der Waals surface area contributed by atoms with Gasteiger partial charge >= 0.3 is 0 Å². The Morgan fingerprint density at radius 3 is 2.90 bits per heavy atom. The molecule has 0 bridgehead atoms. The lowest BCUT2D eigenvalue weighted by molar-refractivity contribution is -0.152. The second-order valence-corrected chi connectivity index (χ2v) is 2.84. The fraction of sp³-hybridized carbons (Fsp3) is 0.833. The molecule has 0 aromatic heterocycles. The molecule has 4 nitrogen and oxygen atoms in total. The van der Waals surface area contributed by atoms with E-state index in [2.05, 4.69) is 24.3 Å². The van der Waals surface area contributed by atoms with E-state index in [1.54, 1.807) is 0 Å². The van der Waals surface area contributed by atoms with Crippen LogP contribution in [-0.4, -0.2) is 26.5 Å². The van der Waals surface area contributed by atoms with Gasteiger partial charge in [0.15, 0.2) is 0 Å². The number of nitrogens with one attached hydrogen (secondary N) is 1. The molecule has 0 aromatic rings. The van der Waals surface area contributed by atoms with Crippen LogP contribution in [0.2, 0.25) is 0 Å². The number of hydrazone groups is 1. The molecule has 1 N–H and O–H groups in total. The van der Waals surface area contributed by atoms with Gasteiger partial charge in [-0.1, -0.05) is 6.92 Å². The monoisotopic (exact) mass is 144 g/mol. The molecule has 1 aliphatic heterocycles. The van der Waals surface area contributed by atoms with Gasteiger partial charge in [0.25, 0.3) is 0 Å². The Hall–Kier alpha value is -0.610. The van der Waals surface area contributed by atoms with Crippen molar-refractivity contribution in [2.24, 2.45) is 10.5 Å². The molecule has 1 heterocycles. The van der Waals surface area contributed by atoms with Crippen LogP contribution >= 0.6 is 0 Å². The van der Waals surface area contributed by atoms with Gasteiger partial charge in [0.05, 0.1) is 19.8 Å². The highest BCUT2D eigenvalue weighted by Gasteiger charge is 2.33. The van der Waals surface area contributed by atoms with Crippen LogP contribution in [-0.2, 0) is 9.57 Å². The normalized spacial score (nSPS) is 21.3. The zero-order valence-corrected chi connectivity index (χ0v) is 6.09. The Bertz CT molecular complexity index is 123. The maximum Gasteiger partial charge on any atom is 0.0862 e. The minimum Gasteiger partial charge on any atom is -0.380 e. The topological polar surface area (TPSA) is 42.9 Å². The summed E-state index contributed by atoms with van der Waals surface area (Å²) in [6, 6.07) is 0. The van der Waals surface area contributed by atoms with Crippen molar-refractivity contribution >= 4 is 6.72 Å². The van der Waals surface area contributed by atoms with E-state index in [4.69, 9.17) is 9.57 Å². The summed E-state index contributed by atoms with van der Waals surface area (Å²) >= 11 is 0. The summed E-state index contributed by atoms with van der Waals surface area (Å²) in [5, 5.41) is 3.33. The number of hydrogen-bond acceptors (Lipinski definition) is 4. The Kier molecular flexibility index (Phi) is 2.24. The first kappa shape index (κ1) is 7.50. The van der Waals surface area contributed by atoms with Gasteiger partial charge in [-0.3, -0.25) is 4.84 Å². The molecule has 0 atom stereocenters. The Morgan fingerprint density at radius 2 is 2.50 bits per heavy atom. The lowest BCUT2D eigenvalue weighted by Gasteiger charge is -2.36. The third-order valence-electron chi connectivity index (χ3n) is 1.45. The molecular weight excluding hydrogens is 132 g/mol. The van der Waals surface area contributed by atoms with Crippen LogP contribution in [0.25, 0.3) is 0 Å². The molecule has 0 spiro atoms. The zero-order valence-electron chi connectivity index (χ0n) is 6.09. The smallest absolute Gasteiger partial charge is 0.0862 e. The summed E-state index contributed by atoms with van der Waals surface area (Å²) in [6.45, 7) is 7.46. The summed E-state index contributed by atoms with van der Waals surface area (Å²) in [5.74, 6) is 0. The van der Waals surface area contributed by atoms with Gasteiger partial charge in [0.1, 0.15) is 0 Å². The van der Waals surface area contributed by atoms with Crippen molar-refractivity contribution in [1.29, 1.82) is 0 Å². The van der Waals surface area contributed by atoms with Crippen molar-refractivity contribution in [3.63, 3.8) is 0 Å². The van der Waals surface area contributed by atoms with Crippen LogP contribution in [0.3, 0.4) is 0 Å². The maximum absolute atomic E-state index is 5.01. The molecule has 58 valence electrons. The van der Waals surface area contributed by atoms with Gasteiger partial charge in [0.2, 0.25) is 0 Å². The van der Waals surface area contributed by atoms with E-state index in [1.165, 1.54) is 0 Å². The number of nitrogens with zero attached hydrogens (tertiary/aromatic N) is 1. The first-order chi connectivity index (χ1) is 4.77. The molecule has 0 saturated carbocycles. The SMILES string of the molecule is C=NNOCC1(C)COC1. The largest absolute Gasteiger partial charge is 0.380 e. The lowest BCUT2D eigenvalue weighted by atomic mass is 9.90. The van der Waals surface area contributed by atoms with Crippen molar-refractivity contribution in [2.75, 3.05) is 19.8 Å². The molecule has 10 heavy (non-hydrogen) atoms. The molecule has 1 fully saturated rings. The molecule has 1 rings (SSSR count). The van der Waals surface area contributed by atoms with Crippen LogP contribution in [0, 0.1) is 5.41 Å². The van der Waals surface area contributed by atoms with Crippen LogP contribution in [0.4, 0.5) is 0 Å². The van der Waals surface area contributed by atoms with Crippen LogP contribution < -0.4 is 5.59 Å². The van der Waals surface area contributed by atoms with Crippen LogP contribution in [0.15, 0.2) is 5.10 Å². The van der Waals surface area contributed by atoms with Crippen LogP contribution in [0.1, 0.15) is 6.92 Å². The van der Waals surface area contributed by atoms with Crippen molar-refractivity contribution in [1.82, 2.24) is 5.59 Å². The molecule has 0 amide bonds. The van der Waals surface area contributed by atoms with Gasteiger partial charge in [0, 0.05) is 12.1 Å². The van der Waals surface area contributed by atoms with Crippen molar-refractivity contribution in [3.8, 4) is 0 Å². The van der Waals surface area contributed by atoms with Gasteiger partial charge in [-0.25, -0.2) is 0 Å². The molecule has 4 heteroatoms. The van der Waals surface area contributed by atoms with E-state index in [1.807, 2.05) is 0 Å². The number of rotatable bonds is 4. The molecular formula is C6H12N2O2. The van der Waals surface area contributed by atoms with E-state index in [0.717, 1.165) is 13.2 Å². The Labute approximate surface area is 60.2 Å². The van der Waals surface area contributed by atoms with E-state index in [9.17, 15) is 0 Å². The first-order valence-corrected chi connectivity index (χ1v) is 3.17. The quantitative estimate of drug-likeness (QED) is 0.347. The summed E-state index contributed by atoms with van der Waals surface area (Å²) in [4.78, 5) is 4.93. The second-order valence-electron chi connectivity index (χ2n) is 2.84. The molecule has 1 aliphatic rings. The predicted octanol–water partition coefficient (Wildman–Crippen LogP) is 0.160. The highest BCUT2D eigenvalue weighted by molar-refractivity contribution is 5.21. The van der Waals surface area contributed by atoms with Crippen molar-refractivity contribution < 1.29 is 9.57 Å². The second kappa shape index (κ2) is 2.98. The average Bonchev–Trinajstić information content (AvgIpc) is 1.85. The van der Waals surface area contributed by atoms with E-state index in [0.29, 0.717) is 6.61 Å². The molecule has 0 unspecified atom stereocenters. The molecule has 0 aromatic carbocycles. The Morgan fingerprint density at radius 1 is 1.80 bits per heavy atom. The fourth-order valence-electron chi connectivity index (χ4n) is 0.786. The van der Waals surface area contributed by atoms with E-state index < -0.39 is 0 Å². The van der Waals surface area contributed by atoms with Crippen LogP contribution in [0.5, 0.6) is 0 Å². The van der Waals surface area contributed by atoms with Gasteiger partial charge in [-0.15, -0.1) is 0 Å². The minimum atomic E-state index is 0.178. The molecule has 0 aliphatic carbocycles. The first-order valence-electron chi connectivity index (χ1n) is 3.17. The molecule has 0 radical (unpaired) electrons.